The normalized spacial score (nSPS) is 23.7. The molecule has 0 aromatic heterocycles. The van der Waals surface area contributed by atoms with Crippen molar-refractivity contribution < 1.29 is 9.47 Å². The highest BCUT2D eigenvalue weighted by atomic mass is 16.5. The highest BCUT2D eigenvalue weighted by molar-refractivity contribution is 5.39. The summed E-state index contributed by atoms with van der Waals surface area (Å²) in [6, 6.07) is 6.53. The monoisotopic (exact) mass is 248 g/mol. The Hall–Kier alpha value is -1.10. The van der Waals surface area contributed by atoms with E-state index in [9.17, 15) is 0 Å². The number of morpholine rings is 1. The van der Waals surface area contributed by atoms with Crippen LogP contribution in [0.1, 0.15) is 11.1 Å². The number of rotatable bonds is 3. The Bertz CT molecular complexity index is 422. The lowest BCUT2D eigenvalue weighted by atomic mass is 10.1. The summed E-state index contributed by atoms with van der Waals surface area (Å²) in [5.41, 5.74) is 8.37. The smallest absolute Gasteiger partial charge is 0.122 e. The van der Waals surface area contributed by atoms with Gasteiger partial charge in [0.2, 0.25) is 0 Å². The topological polar surface area (TPSA) is 47.7 Å². The fraction of sp³-hybridized carbons (Fsp3) is 0.571. The molecule has 2 heterocycles. The van der Waals surface area contributed by atoms with Crippen molar-refractivity contribution in [2.24, 2.45) is 5.73 Å². The van der Waals surface area contributed by atoms with Gasteiger partial charge in [0.05, 0.1) is 19.3 Å². The average molecular weight is 248 g/mol. The van der Waals surface area contributed by atoms with Crippen LogP contribution in [0.5, 0.6) is 5.75 Å². The molecule has 2 aliphatic heterocycles. The van der Waals surface area contributed by atoms with Gasteiger partial charge in [-0.25, -0.2) is 0 Å². The molecule has 1 saturated heterocycles. The summed E-state index contributed by atoms with van der Waals surface area (Å²) >= 11 is 0. The second kappa shape index (κ2) is 5.26. The van der Waals surface area contributed by atoms with Crippen LogP contribution >= 0.6 is 0 Å². The van der Waals surface area contributed by atoms with Crippen LogP contribution in [-0.2, 0) is 17.7 Å². The number of hydrogen-bond donors (Lipinski definition) is 1. The number of hydrogen-bond acceptors (Lipinski definition) is 4. The third kappa shape index (κ3) is 2.51. The third-order valence-electron chi connectivity index (χ3n) is 3.65. The molecule has 3 rings (SSSR count). The first-order valence-electron chi connectivity index (χ1n) is 6.64. The molecule has 1 unspecified atom stereocenters. The van der Waals surface area contributed by atoms with Gasteiger partial charge in [-0.1, -0.05) is 12.1 Å². The average Bonchev–Trinajstić information content (AvgIpc) is 2.86. The molecule has 4 nitrogen and oxygen atoms in total. The highest BCUT2D eigenvalue weighted by Gasteiger charge is 2.20. The summed E-state index contributed by atoms with van der Waals surface area (Å²) in [6.45, 7) is 5.12. The molecule has 0 amide bonds. The zero-order valence-electron chi connectivity index (χ0n) is 10.6. The first-order chi connectivity index (χ1) is 8.85. The minimum atomic E-state index is 0.191. The van der Waals surface area contributed by atoms with E-state index in [0.29, 0.717) is 6.54 Å². The van der Waals surface area contributed by atoms with Gasteiger partial charge in [0.25, 0.3) is 0 Å². The molecule has 1 fully saturated rings. The number of fused-ring (bicyclic) bond motifs is 1. The van der Waals surface area contributed by atoms with Crippen LogP contribution < -0.4 is 10.5 Å². The zero-order valence-corrected chi connectivity index (χ0v) is 10.6. The van der Waals surface area contributed by atoms with Gasteiger partial charge in [-0.15, -0.1) is 0 Å². The molecule has 0 aliphatic carbocycles. The second-order valence-electron chi connectivity index (χ2n) is 5.00. The highest BCUT2D eigenvalue weighted by Crippen LogP contribution is 2.26. The number of ether oxygens (including phenoxy) is 2. The number of nitrogens with zero attached hydrogens (tertiary/aromatic N) is 1. The van der Waals surface area contributed by atoms with Gasteiger partial charge in [-0.2, -0.15) is 0 Å². The molecule has 98 valence electrons. The minimum Gasteiger partial charge on any atom is -0.493 e. The fourth-order valence-electron chi connectivity index (χ4n) is 2.66. The van der Waals surface area contributed by atoms with Gasteiger partial charge in [0, 0.05) is 32.6 Å². The van der Waals surface area contributed by atoms with E-state index in [-0.39, 0.29) is 6.10 Å². The summed E-state index contributed by atoms with van der Waals surface area (Å²) < 4.78 is 11.1. The van der Waals surface area contributed by atoms with E-state index in [1.54, 1.807) is 0 Å². The van der Waals surface area contributed by atoms with E-state index >= 15 is 0 Å². The molecule has 1 atom stereocenters. The fourth-order valence-corrected chi connectivity index (χ4v) is 2.66. The number of benzene rings is 1. The molecule has 0 saturated carbocycles. The molecule has 1 aromatic carbocycles. The summed E-state index contributed by atoms with van der Waals surface area (Å²) in [5.74, 6) is 1.06. The van der Waals surface area contributed by atoms with E-state index in [4.69, 9.17) is 15.2 Å². The van der Waals surface area contributed by atoms with Gasteiger partial charge in [-0.05, 0) is 17.2 Å². The summed E-state index contributed by atoms with van der Waals surface area (Å²) in [4.78, 5) is 2.42. The van der Waals surface area contributed by atoms with Gasteiger partial charge in [0.15, 0.2) is 0 Å². The molecule has 2 aliphatic rings. The lowest BCUT2D eigenvalue weighted by Gasteiger charge is -2.32. The van der Waals surface area contributed by atoms with Crippen molar-refractivity contribution in [3.05, 3.63) is 29.3 Å². The van der Waals surface area contributed by atoms with Crippen LogP contribution in [0.4, 0.5) is 0 Å². The first-order valence-corrected chi connectivity index (χ1v) is 6.64. The standard InChI is InChI=1S/C14H20N2O2/c15-8-13-10-16(4-6-17-13)9-11-1-2-14-12(7-11)3-5-18-14/h1-2,7,13H,3-6,8-10,15H2. The summed E-state index contributed by atoms with van der Waals surface area (Å²) in [5, 5.41) is 0. The van der Waals surface area contributed by atoms with Crippen molar-refractivity contribution in [1.29, 1.82) is 0 Å². The summed E-state index contributed by atoms with van der Waals surface area (Å²) in [6.07, 6.45) is 1.23. The van der Waals surface area contributed by atoms with Gasteiger partial charge in [-0.3, -0.25) is 4.90 Å². The maximum absolute atomic E-state index is 5.66. The molecule has 18 heavy (non-hydrogen) atoms. The van der Waals surface area contributed by atoms with E-state index < -0.39 is 0 Å². The maximum Gasteiger partial charge on any atom is 0.122 e. The first kappa shape index (κ1) is 12.0. The molecule has 0 spiro atoms. The molecule has 0 bridgehead atoms. The molecular weight excluding hydrogens is 228 g/mol. The van der Waals surface area contributed by atoms with Crippen LogP contribution in [0.2, 0.25) is 0 Å². The summed E-state index contributed by atoms with van der Waals surface area (Å²) in [7, 11) is 0. The van der Waals surface area contributed by atoms with Crippen molar-refractivity contribution >= 4 is 0 Å². The minimum absolute atomic E-state index is 0.191. The van der Waals surface area contributed by atoms with Crippen molar-refractivity contribution in [2.45, 2.75) is 19.1 Å². The Morgan fingerprint density at radius 3 is 3.17 bits per heavy atom. The van der Waals surface area contributed by atoms with Crippen LogP contribution in [-0.4, -0.2) is 43.9 Å². The van der Waals surface area contributed by atoms with Crippen LogP contribution in [0, 0.1) is 0 Å². The van der Waals surface area contributed by atoms with E-state index in [0.717, 1.165) is 45.0 Å². The maximum atomic E-state index is 5.66. The predicted molar refractivity (Wildman–Crippen MR) is 69.7 cm³/mol. The molecular formula is C14H20N2O2. The van der Waals surface area contributed by atoms with Crippen molar-refractivity contribution in [3.8, 4) is 5.75 Å². The van der Waals surface area contributed by atoms with E-state index in [1.807, 2.05) is 0 Å². The Labute approximate surface area is 108 Å². The SMILES string of the molecule is NCC1CN(Cc2ccc3c(c2)CCO3)CCO1. The van der Waals surface area contributed by atoms with Crippen LogP contribution in [0.15, 0.2) is 18.2 Å². The predicted octanol–water partition coefficient (Wildman–Crippen LogP) is 0.781. The van der Waals surface area contributed by atoms with Crippen LogP contribution in [0.25, 0.3) is 0 Å². The molecule has 1 aromatic rings. The third-order valence-corrected chi connectivity index (χ3v) is 3.65. The van der Waals surface area contributed by atoms with Crippen LogP contribution in [0.3, 0.4) is 0 Å². The lowest BCUT2D eigenvalue weighted by Crippen LogP contribution is -2.45. The Morgan fingerprint density at radius 1 is 1.33 bits per heavy atom. The molecule has 4 heteroatoms. The largest absolute Gasteiger partial charge is 0.493 e. The number of nitrogens with two attached hydrogens (primary N) is 1. The zero-order chi connectivity index (χ0) is 12.4. The van der Waals surface area contributed by atoms with Crippen molar-refractivity contribution in [1.82, 2.24) is 4.90 Å². The van der Waals surface area contributed by atoms with Gasteiger partial charge in [0.1, 0.15) is 5.75 Å². The Balaban J connectivity index is 1.65. The Kier molecular flexibility index (Phi) is 3.50. The van der Waals surface area contributed by atoms with Crippen molar-refractivity contribution in [3.63, 3.8) is 0 Å². The quantitative estimate of drug-likeness (QED) is 0.859. The Morgan fingerprint density at radius 2 is 2.28 bits per heavy atom. The molecule has 2 N–H and O–H groups in total. The van der Waals surface area contributed by atoms with E-state index in [2.05, 4.69) is 23.1 Å². The van der Waals surface area contributed by atoms with Crippen molar-refractivity contribution in [2.75, 3.05) is 32.8 Å². The lowest BCUT2D eigenvalue weighted by molar-refractivity contribution is -0.0260. The second-order valence-corrected chi connectivity index (χ2v) is 5.00. The van der Waals surface area contributed by atoms with E-state index in [1.165, 1.54) is 11.1 Å². The molecule has 0 radical (unpaired) electrons. The van der Waals surface area contributed by atoms with Gasteiger partial charge < -0.3 is 15.2 Å². The van der Waals surface area contributed by atoms with Gasteiger partial charge >= 0.3 is 0 Å².